The smallest absolute Gasteiger partial charge is 0.329 e. The zero-order valence-electron chi connectivity index (χ0n) is 19.0. The lowest BCUT2D eigenvalue weighted by Crippen LogP contribution is -2.36. The van der Waals surface area contributed by atoms with Gasteiger partial charge in [-0.05, 0) is 62.4 Å². The molecule has 33 heavy (non-hydrogen) atoms. The molecule has 2 aromatic carbocycles. The first-order valence-electron chi connectivity index (χ1n) is 11.3. The van der Waals surface area contributed by atoms with E-state index in [1.807, 2.05) is 44.2 Å². The zero-order chi connectivity index (χ0) is 23.1. The van der Waals surface area contributed by atoms with Gasteiger partial charge in [-0.3, -0.25) is 13.9 Å². The summed E-state index contributed by atoms with van der Waals surface area (Å²) in [5.41, 5.74) is 4.42. The van der Waals surface area contributed by atoms with Gasteiger partial charge in [0.1, 0.15) is 6.54 Å². The van der Waals surface area contributed by atoms with Crippen LogP contribution in [0.1, 0.15) is 55.8 Å². The molecule has 1 atom stereocenters. The largest absolute Gasteiger partial charge is 0.348 e. The van der Waals surface area contributed by atoms with Crippen molar-refractivity contribution in [1.82, 2.24) is 24.6 Å². The second-order valence-electron chi connectivity index (χ2n) is 8.88. The Morgan fingerprint density at radius 2 is 2.03 bits per heavy atom. The Morgan fingerprint density at radius 3 is 2.79 bits per heavy atom. The van der Waals surface area contributed by atoms with E-state index in [0.29, 0.717) is 17.2 Å². The number of imidazole rings is 1. The monoisotopic (exact) mass is 445 g/mol. The zero-order valence-corrected chi connectivity index (χ0v) is 19.0. The molecule has 1 amide bonds. The molecular formula is C25H27N5O3. The van der Waals surface area contributed by atoms with Gasteiger partial charge in [-0.25, -0.2) is 4.79 Å². The Hall–Kier alpha value is -3.68. The fraction of sp³-hybridized carbons (Fsp3) is 0.360. The number of benzene rings is 2. The van der Waals surface area contributed by atoms with Gasteiger partial charge in [-0.1, -0.05) is 29.4 Å². The fourth-order valence-electron chi connectivity index (χ4n) is 4.77. The average molecular weight is 446 g/mol. The predicted octanol–water partition coefficient (Wildman–Crippen LogP) is 3.94. The number of amides is 1. The van der Waals surface area contributed by atoms with Gasteiger partial charge < -0.3 is 9.84 Å². The van der Waals surface area contributed by atoms with E-state index < -0.39 is 0 Å². The summed E-state index contributed by atoms with van der Waals surface area (Å²) < 4.78 is 8.36. The molecule has 5 rings (SSSR count). The molecule has 0 aliphatic heterocycles. The van der Waals surface area contributed by atoms with Crippen LogP contribution in [0.25, 0.3) is 22.4 Å². The van der Waals surface area contributed by atoms with Crippen molar-refractivity contribution in [3.05, 3.63) is 70.0 Å². The Morgan fingerprint density at radius 1 is 1.21 bits per heavy atom. The number of hydrogen-bond donors (Lipinski definition) is 1. The van der Waals surface area contributed by atoms with Crippen molar-refractivity contribution in [1.29, 1.82) is 0 Å². The number of rotatable bonds is 5. The van der Waals surface area contributed by atoms with Gasteiger partial charge >= 0.3 is 5.69 Å². The summed E-state index contributed by atoms with van der Waals surface area (Å²) in [5, 5.41) is 7.14. The van der Waals surface area contributed by atoms with Crippen LogP contribution in [0.5, 0.6) is 0 Å². The topological polar surface area (TPSA) is 95.0 Å². The minimum atomic E-state index is -0.208. The van der Waals surface area contributed by atoms with Gasteiger partial charge in [0.15, 0.2) is 0 Å². The molecule has 8 nitrogen and oxygen atoms in total. The molecule has 8 heteroatoms. The van der Waals surface area contributed by atoms with Crippen LogP contribution in [-0.2, 0) is 17.8 Å². The first-order chi connectivity index (χ1) is 15.9. The van der Waals surface area contributed by atoms with E-state index in [1.54, 1.807) is 11.5 Å². The van der Waals surface area contributed by atoms with Crippen LogP contribution in [0.15, 0.2) is 51.8 Å². The van der Waals surface area contributed by atoms with E-state index in [1.165, 1.54) is 15.7 Å². The third-order valence-electron chi connectivity index (χ3n) is 6.27. The van der Waals surface area contributed by atoms with Gasteiger partial charge in [0, 0.05) is 18.5 Å². The second-order valence-corrected chi connectivity index (χ2v) is 8.88. The molecule has 1 unspecified atom stereocenters. The molecule has 1 aliphatic carbocycles. The highest BCUT2D eigenvalue weighted by molar-refractivity contribution is 5.84. The molecule has 0 fully saturated rings. The molecule has 2 aromatic heterocycles. The maximum atomic E-state index is 13.3. The summed E-state index contributed by atoms with van der Waals surface area (Å²) in [6.07, 6.45) is 2.96. The molecule has 0 saturated carbocycles. The summed E-state index contributed by atoms with van der Waals surface area (Å²) in [6, 6.07) is 13.8. The Bertz CT molecular complexity index is 1390. The number of nitrogens with zero attached hydrogens (tertiary/aromatic N) is 4. The van der Waals surface area contributed by atoms with Crippen LogP contribution in [0, 0.1) is 6.92 Å². The highest BCUT2D eigenvalue weighted by Crippen LogP contribution is 2.29. The lowest BCUT2D eigenvalue weighted by Gasteiger charge is -2.26. The Balaban J connectivity index is 1.50. The van der Waals surface area contributed by atoms with E-state index in [9.17, 15) is 9.59 Å². The number of aromatic nitrogens is 4. The molecule has 0 saturated heterocycles. The summed E-state index contributed by atoms with van der Waals surface area (Å²) >= 11 is 0. The highest BCUT2D eigenvalue weighted by Gasteiger charge is 2.23. The van der Waals surface area contributed by atoms with Gasteiger partial charge in [0.2, 0.25) is 17.6 Å². The van der Waals surface area contributed by atoms with E-state index >= 15 is 0 Å². The highest BCUT2D eigenvalue weighted by atomic mass is 16.5. The number of aryl methyl sites for hydroxylation is 2. The van der Waals surface area contributed by atoms with Crippen LogP contribution in [-0.4, -0.2) is 25.2 Å². The SMILES string of the molecule is Cc1nc(-c2ccc3c(c2)n(CC(=O)NC2CCCc4ccccc42)c(=O)n3C(C)C)no1. The summed E-state index contributed by atoms with van der Waals surface area (Å²) in [5.74, 6) is 0.741. The van der Waals surface area contributed by atoms with Gasteiger partial charge in [0.25, 0.3) is 0 Å². The first kappa shape index (κ1) is 21.2. The van der Waals surface area contributed by atoms with E-state index in [2.05, 4.69) is 27.6 Å². The third kappa shape index (κ3) is 3.86. The molecule has 170 valence electrons. The van der Waals surface area contributed by atoms with Crippen LogP contribution in [0.4, 0.5) is 0 Å². The minimum Gasteiger partial charge on any atom is -0.348 e. The van der Waals surface area contributed by atoms with Crippen LogP contribution < -0.4 is 11.0 Å². The first-order valence-corrected chi connectivity index (χ1v) is 11.3. The van der Waals surface area contributed by atoms with Crippen molar-refractivity contribution in [3.63, 3.8) is 0 Å². The van der Waals surface area contributed by atoms with Crippen molar-refractivity contribution in [2.24, 2.45) is 0 Å². The van der Waals surface area contributed by atoms with Crippen LogP contribution in [0.2, 0.25) is 0 Å². The lowest BCUT2D eigenvalue weighted by atomic mass is 9.88. The van der Waals surface area contributed by atoms with Gasteiger partial charge in [0.05, 0.1) is 17.1 Å². The molecule has 0 radical (unpaired) electrons. The molecule has 1 aliphatic rings. The van der Waals surface area contributed by atoms with Crippen molar-refractivity contribution >= 4 is 16.9 Å². The Kier molecular flexibility index (Phi) is 5.36. The van der Waals surface area contributed by atoms with Crippen LogP contribution >= 0.6 is 0 Å². The van der Waals surface area contributed by atoms with Crippen molar-refractivity contribution in [3.8, 4) is 11.4 Å². The Labute approximate surface area is 191 Å². The molecular weight excluding hydrogens is 418 g/mol. The molecule has 4 aromatic rings. The average Bonchev–Trinajstić information content (AvgIpc) is 3.35. The molecule has 0 spiro atoms. The molecule has 0 bridgehead atoms. The van der Waals surface area contributed by atoms with Crippen molar-refractivity contribution < 1.29 is 9.32 Å². The standard InChI is InChI=1S/C25H27N5O3/c1-15(2)30-21-12-11-18(24-26-16(3)33-28-24)13-22(21)29(25(30)32)14-23(31)27-20-10-6-8-17-7-4-5-9-19(17)20/h4-5,7,9,11-13,15,20H,6,8,10,14H2,1-3H3,(H,27,31). The second kappa shape index (κ2) is 8.35. The van der Waals surface area contributed by atoms with Crippen LogP contribution in [0.3, 0.4) is 0 Å². The maximum Gasteiger partial charge on any atom is 0.329 e. The third-order valence-corrected chi connectivity index (χ3v) is 6.27. The van der Waals surface area contributed by atoms with Gasteiger partial charge in [-0.2, -0.15) is 4.98 Å². The number of hydrogen-bond acceptors (Lipinski definition) is 5. The molecule has 2 heterocycles. The summed E-state index contributed by atoms with van der Waals surface area (Å²) in [7, 11) is 0. The van der Waals surface area contributed by atoms with E-state index in [0.717, 1.165) is 30.3 Å². The van der Waals surface area contributed by atoms with E-state index in [4.69, 9.17) is 4.52 Å². The number of carbonyl (C=O) groups excluding carboxylic acids is 1. The normalized spacial score (nSPS) is 15.7. The van der Waals surface area contributed by atoms with Crippen molar-refractivity contribution in [2.75, 3.05) is 0 Å². The molecule has 1 N–H and O–H groups in total. The maximum absolute atomic E-state index is 13.3. The fourth-order valence-corrected chi connectivity index (χ4v) is 4.77. The minimum absolute atomic E-state index is 0.0329. The lowest BCUT2D eigenvalue weighted by molar-refractivity contribution is -0.122. The number of carbonyl (C=O) groups is 1. The predicted molar refractivity (Wildman–Crippen MR) is 125 cm³/mol. The number of nitrogens with one attached hydrogen (secondary N) is 1. The van der Waals surface area contributed by atoms with Crippen molar-refractivity contribution in [2.45, 2.75) is 58.7 Å². The summed E-state index contributed by atoms with van der Waals surface area (Å²) in [4.78, 5) is 30.7. The summed E-state index contributed by atoms with van der Waals surface area (Å²) in [6.45, 7) is 5.59. The quantitative estimate of drug-likeness (QED) is 0.502. The van der Waals surface area contributed by atoms with Gasteiger partial charge in [-0.15, -0.1) is 0 Å². The van der Waals surface area contributed by atoms with E-state index in [-0.39, 0.29) is 30.2 Å². The number of fused-ring (bicyclic) bond motifs is 2.